The number of benzene rings is 1. The monoisotopic (exact) mass is 272 g/mol. The van der Waals surface area contributed by atoms with Crippen LogP contribution in [0.2, 0.25) is 0 Å². The maximum Gasteiger partial charge on any atom is 0.337 e. The number of carbonyl (C=O) groups is 1. The molecule has 0 aromatic heterocycles. The van der Waals surface area contributed by atoms with Gasteiger partial charge in [0.15, 0.2) is 9.84 Å². The fraction of sp³-hybridized carbons (Fsp3) is 0.417. The quantitative estimate of drug-likeness (QED) is 0.833. The molecule has 0 heterocycles. The molecule has 0 amide bonds. The normalized spacial score (nSPS) is 12.3. The lowest BCUT2D eigenvalue weighted by Gasteiger charge is -2.21. The lowest BCUT2D eigenvalue weighted by Crippen LogP contribution is -2.20. The van der Waals surface area contributed by atoms with Gasteiger partial charge in [0.05, 0.1) is 23.2 Å². The summed E-state index contributed by atoms with van der Waals surface area (Å²) in [6.45, 7) is 2.96. The first-order chi connectivity index (χ1) is 8.07. The van der Waals surface area contributed by atoms with Gasteiger partial charge in [0.1, 0.15) is 0 Å². The second-order valence-corrected chi connectivity index (χ2v) is 6.52. The van der Waals surface area contributed by atoms with Crippen LogP contribution in [0.3, 0.4) is 0 Å². The third kappa shape index (κ3) is 3.08. The van der Waals surface area contributed by atoms with E-state index >= 15 is 0 Å². The van der Waals surface area contributed by atoms with Crippen LogP contribution in [0.4, 0.5) is 0 Å². The lowest BCUT2D eigenvalue weighted by molar-refractivity contribution is 0.0597. The van der Waals surface area contributed by atoms with Crippen molar-refractivity contribution in [1.29, 1.82) is 0 Å². The number of ether oxygens (including phenoxy) is 1. The van der Waals surface area contributed by atoms with E-state index in [0.29, 0.717) is 0 Å². The molecule has 0 unspecified atom stereocenters. The van der Waals surface area contributed by atoms with Crippen molar-refractivity contribution >= 4 is 15.8 Å². The minimum Gasteiger partial charge on any atom is -0.465 e. The van der Waals surface area contributed by atoms with Crippen molar-refractivity contribution in [2.24, 2.45) is 0 Å². The van der Waals surface area contributed by atoms with E-state index in [9.17, 15) is 18.3 Å². The van der Waals surface area contributed by atoms with E-state index in [-0.39, 0.29) is 16.0 Å². The molecule has 1 N–H and O–H groups in total. The van der Waals surface area contributed by atoms with Crippen LogP contribution in [-0.2, 0) is 20.2 Å². The molecule has 0 aliphatic heterocycles. The third-order valence-electron chi connectivity index (χ3n) is 2.46. The Morgan fingerprint density at radius 3 is 2.28 bits per heavy atom. The number of rotatable bonds is 3. The Balaban J connectivity index is 3.55. The number of hydrogen-bond donors (Lipinski definition) is 1. The van der Waals surface area contributed by atoms with E-state index in [1.54, 1.807) is 0 Å². The lowest BCUT2D eigenvalue weighted by atomic mass is 9.97. The number of hydrogen-bond acceptors (Lipinski definition) is 5. The summed E-state index contributed by atoms with van der Waals surface area (Å²) in [5.41, 5.74) is -0.934. The van der Waals surface area contributed by atoms with E-state index in [2.05, 4.69) is 4.74 Å². The van der Waals surface area contributed by atoms with Crippen molar-refractivity contribution in [2.75, 3.05) is 13.4 Å². The van der Waals surface area contributed by atoms with Gasteiger partial charge in [0, 0.05) is 11.8 Å². The smallest absolute Gasteiger partial charge is 0.337 e. The number of carbonyl (C=O) groups excluding carboxylic acids is 1. The summed E-state index contributed by atoms with van der Waals surface area (Å²) in [5, 5.41) is 9.94. The topological polar surface area (TPSA) is 80.7 Å². The Hall–Kier alpha value is -1.40. The van der Waals surface area contributed by atoms with Gasteiger partial charge in [0.25, 0.3) is 0 Å². The number of methoxy groups -OCH3 is 1. The maximum absolute atomic E-state index is 11.7. The number of aliphatic hydroxyl groups is 1. The molecule has 0 saturated heterocycles. The van der Waals surface area contributed by atoms with Gasteiger partial charge in [-0.05, 0) is 26.0 Å². The molecule has 1 rings (SSSR count). The van der Waals surface area contributed by atoms with Crippen LogP contribution in [0, 0.1) is 0 Å². The van der Waals surface area contributed by atoms with E-state index in [0.717, 1.165) is 6.26 Å². The Morgan fingerprint density at radius 1 is 1.33 bits per heavy atom. The Kier molecular flexibility index (Phi) is 3.83. The van der Waals surface area contributed by atoms with Gasteiger partial charge in [-0.3, -0.25) is 0 Å². The van der Waals surface area contributed by atoms with Crippen molar-refractivity contribution in [2.45, 2.75) is 24.3 Å². The zero-order valence-corrected chi connectivity index (χ0v) is 11.5. The van der Waals surface area contributed by atoms with Gasteiger partial charge in [-0.25, -0.2) is 13.2 Å². The van der Waals surface area contributed by atoms with Crippen molar-refractivity contribution in [3.8, 4) is 0 Å². The molecule has 100 valence electrons. The molecular formula is C12H16O5S. The van der Waals surface area contributed by atoms with Crippen LogP contribution in [-0.4, -0.2) is 32.9 Å². The summed E-state index contributed by atoms with van der Waals surface area (Å²) in [6.07, 6.45) is 1.03. The molecule has 5 nitrogen and oxygen atoms in total. The molecule has 1 aromatic carbocycles. The van der Waals surface area contributed by atoms with Crippen LogP contribution in [0.1, 0.15) is 29.8 Å². The molecule has 0 aliphatic rings. The molecule has 0 spiro atoms. The zero-order chi connectivity index (χ0) is 14.1. The standard InChI is InChI=1S/C12H16O5S/c1-12(2,14)9-6-5-8(11(13)17-3)7-10(9)18(4,15)16/h5-7,14H,1-4H3. The van der Waals surface area contributed by atoms with Gasteiger partial charge in [-0.2, -0.15) is 0 Å². The molecule has 0 bridgehead atoms. The van der Waals surface area contributed by atoms with Crippen LogP contribution in [0.5, 0.6) is 0 Å². The van der Waals surface area contributed by atoms with E-state index in [4.69, 9.17) is 0 Å². The average Bonchev–Trinajstić information content (AvgIpc) is 2.24. The first-order valence-electron chi connectivity index (χ1n) is 5.22. The minimum atomic E-state index is -3.55. The predicted molar refractivity (Wildman–Crippen MR) is 66.1 cm³/mol. The summed E-state index contributed by atoms with van der Waals surface area (Å²) in [6, 6.07) is 4.06. The number of esters is 1. The van der Waals surface area contributed by atoms with Crippen LogP contribution in [0.25, 0.3) is 0 Å². The highest BCUT2D eigenvalue weighted by Gasteiger charge is 2.26. The SMILES string of the molecule is COC(=O)c1ccc(C(C)(C)O)c(S(C)(=O)=O)c1. The predicted octanol–water partition coefficient (Wildman–Crippen LogP) is 1.10. The fourth-order valence-electron chi connectivity index (χ4n) is 1.58. The van der Waals surface area contributed by atoms with Gasteiger partial charge in [-0.1, -0.05) is 6.07 Å². The van der Waals surface area contributed by atoms with Gasteiger partial charge >= 0.3 is 5.97 Å². The fourth-order valence-corrected chi connectivity index (χ4v) is 2.64. The summed E-state index contributed by atoms with van der Waals surface area (Å²) in [4.78, 5) is 11.3. The molecule has 0 fully saturated rings. The molecule has 6 heteroatoms. The van der Waals surface area contributed by atoms with Gasteiger partial charge in [0.2, 0.25) is 0 Å². The molecule has 0 atom stereocenters. The minimum absolute atomic E-state index is 0.0714. The van der Waals surface area contributed by atoms with Crippen molar-refractivity contribution in [3.05, 3.63) is 29.3 Å². The van der Waals surface area contributed by atoms with Crippen LogP contribution >= 0.6 is 0 Å². The molecule has 1 aromatic rings. The Morgan fingerprint density at radius 2 is 1.89 bits per heavy atom. The van der Waals surface area contributed by atoms with Gasteiger partial charge in [-0.15, -0.1) is 0 Å². The van der Waals surface area contributed by atoms with Gasteiger partial charge < -0.3 is 9.84 Å². The zero-order valence-electron chi connectivity index (χ0n) is 10.7. The highest BCUT2D eigenvalue weighted by molar-refractivity contribution is 7.90. The first kappa shape index (κ1) is 14.7. The molecule has 18 heavy (non-hydrogen) atoms. The van der Waals surface area contributed by atoms with Crippen LogP contribution < -0.4 is 0 Å². The van der Waals surface area contributed by atoms with E-state index < -0.39 is 21.4 Å². The molecule has 0 radical (unpaired) electrons. The van der Waals surface area contributed by atoms with E-state index in [1.807, 2.05) is 0 Å². The highest BCUT2D eigenvalue weighted by Crippen LogP contribution is 2.28. The highest BCUT2D eigenvalue weighted by atomic mass is 32.2. The maximum atomic E-state index is 11.7. The van der Waals surface area contributed by atoms with Crippen molar-refractivity contribution in [3.63, 3.8) is 0 Å². The molecule has 0 saturated carbocycles. The third-order valence-corrected chi connectivity index (χ3v) is 3.60. The average molecular weight is 272 g/mol. The summed E-state index contributed by atoms with van der Waals surface area (Å²) in [7, 11) is -2.33. The van der Waals surface area contributed by atoms with Crippen molar-refractivity contribution < 1.29 is 23.1 Å². The Labute approximate surface area is 106 Å². The van der Waals surface area contributed by atoms with Crippen LogP contribution in [0.15, 0.2) is 23.1 Å². The summed E-state index contributed by atoms with van der Waals surface area (Å²) in [5.74, 6) is -0.623. The molecular weight excluding hydrogens is 256 g/mol. The second kappa shape index (κ2) is 4.70. The number of sulfone groups is 1. The Bertz CT molecular complexity index is 567. The summed E-state index contributed by atoms with van der Waals surface area (Å²) < 4.78 is 27.9. The van der Waals surface area contributed by atoms with E-state index in [1.165, 1.54) is 39.2 Å². The second-order valence-electron chi connectivity index (χ2n) is 4.53. The molecule has 0 aliphatic carbocycles. The first-order valence-corrected chi connectivity index (χ1v) is 7.12. The summed E-state index contributed by atoms with van der Waals surface area (Å²) >= 11 is 0. The van der Waals surface area contributed by atoms with Crippen molar-refractivity contribution in [1.82, 2.24) is 0 Å². The largest absolute Gasteiger partial charge is 0.465 e.